The van der Waals surface area contributed by atoms with Gasteiger partial charge in [0, 0.05) is 36.5 Å². The molecule has 6 nitrogen and oxygen atoms in total. The van der Waals surface area contributed by atoms with E-state index in [1.807, 2.05) is 18.2 Å². The molecule has 1 aliphatic carbocycles. The molecule has 6 heteroatoms. The minimum Gasteiger partial charge on any atom is -0.356 e. The van der Waals surface area contributed by atoms with Gasteiger partial charge in [-0.2, -0.15) is 0 Å². The average Bonchev–Trinajstić information content (AvgIpc) is 3.40. The second-order valence-electron chi connectivity index (χ2n) is 7.32. The third-order valence-corrected chi connectivity index (χ3v) is 5.60. The number of aromatic nitrogens is 3. The summed E-state index contributed by atoms with van der Waals surface area (Å²) in [6.45, 7) is 3.41. The highest BCUT2D eigenvalue weighted by molar-refractivity contribution is 5.59. The first-order valence-corrected chi connectivity index (χ1v) is 9.68. The van der Waals surface area contributed by atoms with Gasteiger partial charge in [0.2, 0.25) is 0 Å². The van der Waals surface area contributed by atoms with Crippen molar-refractivity contribution in [1.29, 1.82) is 0 Å². The Balaban J connectivity index is 1.48. The van der Waals surface area contributed by atoms with Gasteiger partial charge >= 0.3 is 0 Å². The number of nitrogens with zero attached hydrogens (tertiary/aromatic N) is 4. The SMILES string of the molecule is c1ccc(-c2nc3c(c(N4CCCC(C5OCCO5)C4)n2)CCC3)nc1. The predicted octanol–water partition coefficient (Wildman–Crippen LogP) is 2.62. The zero-order chi connectivity index (χ0) is 17.3. The molecular formula is C20H24N4O2. The number of aryl methyl sites for hydroxylation is 1. The van der Waals surface area contributed by atoms with Gasteiger partial charge in [-0.3, -0.25) is 4.98 Å². The summed E-state index contributed by atoms with van der Waals surface area (Å²) in [7, 11) is 0. The molecular weight excluding hydrogens is 328 g/mol. The Bertz CT molecular complexity index is 777. The molecule has 0 N–H and O–H groups in total. The number of ether oxygens (including phenoxy) is 2. The number of hydrogen-bond acceptors (Lipinski definition) is 6. The van der Waals surface area contributed by atoms with Crippen LogP contribution in [-0.4, -0.2) is 47.5 Å². The molecule has 0 saturated carbocycles. The maximum Gasteiger partial charge on any atom is 0.180 e. The molecule has 26 heavy (non-hydrogen) atoms. The lowest BCUT2D eigenvalue weighted by atomic mass is 9.97. The first-order chi connectivity index (χ1) is 12.9. The summed E-state index contributed by atoms with van der Waals surface area (Å²) in [6.07, 6.45) is 7.32. The van der Waals surface area contributed by atoms with Gasteiger partial charge in [0.05, 0.1) is 13.2 Å². The van der Waals surface area contributed by atoms with Crippen LogP contribution in [0.2, 0.25) is 0 Å². The van der Waals surface area contributed by atoms with Crippen molar-refractivity contribution in [3.05, 3.63) is 35.7 Å². The zero-order valence-corrected chi connectivity index (χ0v) is 14.9. The van der Waals surface area contributed by atoms with Gasteiger partial charge < -0.3 is 14.4 Å². The van der Waals surface area contributed by atoms with E-state index in [2.05, 4.69) is 9.88 Å². The van der Waals surface area contributed by atoms with Crippen LogP contribution in [0, 0.1) is 5.92 Å². The Morgan fingerprint density at radius 3 is 2.81 bits per heavy atom. The van der Waals surface area contributed by atoms with Crippen LogP contribution in [0.1, 0.15) is 30.5 Å². The number of pyridine rings is 1. The maximum absolute atomic E-state index is 5.77. The molecule has 2 fully saturated rings. The topological polar surface area (TPSA) is 60.4 Å². The van der Waals surface area contributed by atoms with Gasteiger partial charge in [0.1, 0.15) is 11.5 Å². The van der Waals surface area contributed by atoms with Crippen molar-refractivity contribution in [2.45, 2.75) is 38.4 Å². The summed E-state index contributed by atoms with van der Waals surface area (Å²) >= 11 is 0. The van der Waals surface area contributed by atoms with Crippen LogP contribution in [0.15, 0.2) is 24.4 Å². The molecule has 2 aliphatic heterocycles. The van der Waals surface area contributed by atoms with E-state index in [1.54, 1.807) is 6.20 Å². The minimum atomic E-state index is -0.0528. The Morgan fingerprint density at radius 1 is 1.04 bits per heavy atom. The molecule has 1 unspecified atom stereocenters. The van der Waals surface area contributed by atoms with E-state index in [0.717, 1.165) is 62.5 Å². The lowest BCUT2D eigenvalue weighted by Gasteiger charge is -2.36. The minimum absolute atomic E-state index is 0.0528. The van der Waals surface area contributed by atoms with Gasteiger partial charge in [0.15, 0.2) is 12.1 Å². The largest absolute Gasteiger partial charge is 0.356 e. The summed E-state index contributed by atoms with van der Waals surface area (Å²) in [5.74, 6) is 2.27. The van der Waals surface area contributed by atoms with Crippen LogP contribution < -0.4 is 4.90 Å². The molecule has 136 valence electrons. The molecule has 0 amide bonds. The van der Waals surface area contributed by atoms with E-state index < -0.39 is 0 Å². The molecule has 0 bridgehead atoms. The predicted molar refractivity (Wildman–Crippen MR) is 97.9 cm³/mol. The highest BCUT2D eigenvalue weighted by Gasteiger charge is 2.33. The second-order valence-corrected chi connectivity index (χ2v) is 7.32. The van der Waals surface area contributed by atoms with Crippen molar-refractivity contribution in [2.75, 3.05) is 31.2 Å². The molecule has 5 rings (SSSR count). The standard InChI is InChI=1S/C20H24N4O2/c1-2-9-21-17(7-1)18-22-16-8-3-6-15(16)19(23-18)24-10-4-5-14(13-24)20-25-11-12-26-20/h1-2,7,9,14,20H,3-6,8,10-13H2. The van der Waals surface area contributed by atoms with Crippen molar-refractivity contribution in [1.82, 2.24) is 15.0 Å². The Morgan fingerprint density at radius 2 is 1.96 bits per heavy atom. The molecule has 2 aromatic rings. The molecule has 0 spiro atoms. The Kier molecular flexibility index (Phi) is 4.30. The van der Waals surface area contributed by atoms with E-state index >= 15 is 0 Å². The van der Waals surface area contributed by atoms with Crippen molar-refractivity contribution >= 4 is 5.82 Å². The molecule has 0 aromatic carbocycles. The Labute approximate surface area is 153 Å². The van der Waals surface area contributed by atoms with Gasteiger partial charge in [-0.1, -0.05) is 6.07 Å². The third kappa shape index (κ3) is 2.97. The normalized spacial score (nSPS) is 23.4. The summed E-state index contributed by atoms with van der Waals surface area (Å²) < 4.78 is 11.5. The lowest BCUT2D eigenvalue weighted by molar-refractivity contribution is -0.0859. The third-order valence-electron chi connectivity index (χ3n) is 5.60. The van der Waals surface area contributed by atoms with E-state index in [9.17, 15) is 0 Å². The summed E-state index contributed by atoms with van der Waals surface area (Å²) in [4.78, 5) is 16.7. The fourth-order valence-electron chi connectivity index (χ4n) is 4.36. The first kappa shape index (κ1) is 16.1. The van der Waals surface area contributed by atoms with Crippen molar-refractivity contribution in [2.24, 2.45) is 5.92 Å². The smallest absolute Gasteiger partial charge is 0.180 e. The molecule has 2 saturated heterocycles. The van der Waals surface area contributed by atoms with Crippen LogP contribution >= 0.6 is 0 Å². The van der Waals surface area contributed by atoms with Gasteiger partial charge in [0.25, 0.3) is 0 Å². The van der Waals surface area contributed by atoms with E-state index in [1.165, 1.54) is 11.3 Å². The van der Waals surface area contributed by atoms with E-state index in [-0.39, 0.29) is 6.29 Å². The number of fused-ring (bicyclic) bond motifs is 1. The van der Waals surface area contributed by atoms with Crippen molar-refractivity contribution in [3.63, 3.8) is 0 Å². The van der Waals surface area contributed by atoms with Crippen LogP contribution in [0.25, 0.3) is 11.5 Å². The highest BCUT2D eigenvalue weighted by Crippen LogP contribution is 2.34. The summed E-state index contributed by atoms with van der Waals surface area (Å²) in [5, 5.41) is 0. The number of hydrogen-bond donors (Lipinski definition) is 0. The quantitative estimate of drug-likeness (QED) is 0.846. The molecule has 0 radical (unpaired) electrons. The first-order valence-electron chi connectivity index (χ1n) is 9.68. The van der Waals surface area contributed by atoms with Crippen LogP contribution in [0.5, 0.6) is 0 Å². The van der Waals surface area contributed by atoms with E-state index in [4.69, 9.17) is 19.4 Å². The second kappa shape index (κ2) is 6.93. The monoisotopic (exact) mass is 352 g/mol. The number of rotatable bonds is 3. The molecule has 3 aliphatic rings. The van der Waals surface area contributed by atoms with Gasteiger partial charge in [-0.25, -0.2) is 9.97 Å². The van der Waals surface area contributed by atoms with Crippen LogP contribution in [0.4, 0.5) is 5.82 Å². The zero-order valence-electron chi connectivity index (χ0n) is 14.9. The fraction of sp³-hybridized carbons (Fsp3) is 0.550. The number of piperidine rings is 1. The van der Waals surface area contributed by atoms with Crippen molar-refractivity contribution < 1.29 is 9.47 Å². The van der Waals surface area contributed by atoms with Crippen molar-refractivity contribution in [3.8, 4) is 11.5 Å². The summed E-state index contributed by atoms with van der Waals surface area (Å²) in [5.41, 5.74) is 3.38. The molecule has 2 aromatic heterocycles. The molecule has 4 heterocycles. The van der Waals surface area contributed by atoms with Crippen LogP contribution in [-0.2, 0) is 22.3 Å². The highest BCUT2D eigenvalue weighted by atomic mass is 16.7. The van der Waals surface area contributed by atoms with Crippen LogP contribution in [0.3, 0.4) is 0 Å². The Hall–Kier alpha value is -2.05. The summed E-state index contributed by atoms with van der Waals surface area (Å²) in [6, 6.07) is 5.90. The fourth-order valence-corrected chi connectivity index (χ4v) is 4.36. The lowest BCUT2D eigenvalue weighted by Crippen LogP contribution is -2.41. The van der Waals surface area contributed by atoms with Gasteiger partial charge in [-0.15, -0.1) is 0 Å². The molecule has 1 atom stereocenters. The number of anilines is 1. The maximum atomic E-state index is 5.77. The average molecular weight is 352 g/mol. The van der Waals surface area contributed by atoms with E-state index in [0.29, 0.717) is 19.1 Å². The van der Waals surface area contributed by atoms with Gasteiger partial charge in [-0.05, 0) is 44.2 Å².